The van der Waals surface area contributed by atoms with Gasteiger partial charge in [-0.05, 0) is 48.5 Å². The number of anilines is 1. The Morgan fingerprint density at radius 1 is 1.08 bits per heavy atom. The Balaban J connectivity index is 2.26. The van der Waals surface area contributed by atoms with E-state index in [1.54, 1.807) is 6.07 Å². The molecule has 0 amide bonds. The zero-order valence-corrected chi connectivity index (χ0v) is 14.0. The van der Waals surface area contributed by atoms with Gasteiger partial charge in [0.1, 0.15) is 6.07 Å². The molecule has 2 aromatic carbocycles. The molecule has 0 aromatic heterocycles. The second kappa shape index (κ2) is 7.17. The second-order valence-corrected chi connectivity index (χ2v) is 7.15. The number of hydrogen-bond acceptors (Lipinski definition) is 4. The average Bonchev–Trinajstić information content (AvgIpc) is 2.55. The summed E-state index contributed by atoms with van der Waals surface area (Å²) in [6.45, 7) is 0. The largest absolute Gasteiger partial charge is 0.416 e. The number of nitrogens with zero attached hydrogens (tertiary/aromatic N) is 1. The van der Waals surface area contributed by atoms with Crippen molar-refractivity contribution >= 4 is 27.1 Å². The molecule has 0 bridgehead atoms. The van der Waals surface area contributed by atoms with Crippen LogP contribution in [0.2, 0.25) is 5.02 Å². The van der Waals surface area contributed by atoms with Crippen molar-refractivity contribution < 1.29 is 21.6 Å². The molecule has 0 unspecified atom stereocenters. The second-order valence-electron chi connectivity index (χ2n) is 4.80. The molecule has 0 spiro atoms. The molecule has 1 N–H and O–H groups in total. The molecular formula is C16H10ClF3N2O2S. The number of nitriles is 1. The summed E-state index contributed by atoms with van der Waals surface area (Å²) in [6.07, 6.45) is -3.54. The number of allylic oxidation sites excluding steroid dienone is 1. The van der Waals surface area contributed by atoms with Gasteiger partial charge in [-0.1, -0.05) is 11.6 Å². The molecular weight excluding hydrogens is 377 g/mol. The Kier molecular flexibility index (Phi) is 5.40. The summed E-state index contributed by atoms with van der Waals surface area (Å²) < 4.78 is 62.2. The third kappa shape index (κ3) is 4.53. The maximum absolute atomic E-state index is 12.5. The Morgan fingerprint density at radius 3 is 2.12 bits per heavy atom. The molecule has 0 atom stereocenters. The maximum Gasteiger partial charge on any atom is 0.416 e. The van der Waals surface area contributed by atoms with Crippen molar-refractivity contribution in [2.75, 3.05) is 5.32 Å². The molecule has 25 heavy (non-hydrogen) atoms. The van der Waals surface area contributed by atoms with Crippen LogP contribution < -0.4 is 5.32 Å². The van der Waals surface area contributed by atoms with E-state index in [0.29, 0.717) is 5.02 Å². The lowest BCUT2D eigenvalue weighted by atomic mass is 10.2. The summed E-state index contributed by atoms with van der Waals surface area (Å²) in [4.78, 5) is -0.714. The van der Waals surface area contributed by atoms with Crippen LogP contribution in [0, 0.1) is 11.3 Å². The molecule has 0 aliphatic rings. The molecule has 130 valence electrons. The normalized spacial score (nSPS) is 12.5. The standard InChI is InChI=1S/C16H10ClF3N2O2S/c17-12-3-7-14(8-4-12)25(23,24)15(9-21)10-22-13-5-1-11(2-6-13)16(18,19)20/h1-8,10,22H/b15-10+. The minimum Gasteiger partial charge on any atom is -0.360 e. The molecule has 0 fully saturated rings. The first-order chi connectivity index (χ1) is 11.6. The fraction of sp³-hybridized carbons (Fsp3) is 0.0625. The lowest BCUT2D eigenvalue weighted by Gasteiger charge is -2.08. The van der Waals surface area contributed by atoms with Crippen LogP contribution in [0.4, 0.5) is 18.9 Å². The minimum atomic E-state index is -4.47. The van der Waals surface area contributed by atoms with Gasteiger partial charge in [-0.2, -0.15) is 18.4 Å². The van der Waals surface area contributed by atoms with Gasteiger partial charge in [0, 0.05) is 16.9 Å². The highest BCUT2D eigenvalue weighted by Gasteiger charge is 2.29. The molecule has 0 radical (unpaired) electrons. The van der Waals surface area contributed by atoms with Crippen LogP contribution in [0.25, 0.3) is 0 Å². The topological polar surface area (TPSA) is 70.0 Å². The van der Waals surface area contributed by atoms with Crippen LogP contribution in [0.15, 0.2) is 64.5 Å². The van der Waals surface area contributed by atoms with Gasteiger partial charge in [0.05, 0.1) is 10.5 Å². The molecule has 0 aliphatic heterocycles. The number of hydrogen-bond donors (Lipinski definition) is 1. The zero-order valence-electron chi connectivity index (χ0n) is 12.4. The quantitative estimate of drug-likeness (QED) is 0.779. The van der Waals surface area contributed by atoms with E-state index in [9.17, 15) is 21.6 Å². The number of alkyl halides is 3. The molecule has 0 saturated heterocycles. The fourth-order valence-electron chi connectivity index (χ4n) is 1.81. The van der Waals surface area contributed by atoms with E-state index in [4.69, 9.17) is 16.9 Å². The van der Waals surface area contributed by atoms with Gasteiger partial charge in [-0.15, -0.1) is 0 Å². The average molecular weight is 387 g/mol. The van der Waals surface area contributed by atoms with Crippen molar-refractivity contribution in [3.05, 3.63) is 70.2 Å². The monoisotopic (exact) mass is 386 g/mol. The molecule has 2 rings (SSSR count). The molecule has 9 heteroatoms. The highest BCUT2D eigenvalue weighted by molar-refractivity contribution is 7.95. The van der Waals surface area contributed by atoms with E-state index in [0.717, 1.165) is 30.5 Å². The number of nitrogens with one attached hydrogen (secondary N) is 1. The lowest BCUT2D eigenvalue weighted by Crippen LogP contribution is -2.06. The van der Waals surface area contributed by atoms with Crippen molar-refractivity contribution in [3.8, 4) is 6.07 Å². The highest BCUT2D eigenvalue weighted by atomic mass is 35.5. The Labute approximate surface area is 147 Å². The van der Waals surface area contributed by atoms with E-state index >= 15 is 0 Å². The van der Waals surface area contributed by atoms with Crippen LogP contribution in [-0.4, -0.2) is 8.42 Å². The Hall–Kier alpha value is -2.50. The third-order valence-electron chi connectivity index (χ3n) is 3.11. The summed E-state index contributed by atoms with van der Waals surface area (Å²) in [6, 6.07) is 10.7. The van der Waals surface area contributed by atoms with Gasteiger partial charge in [0.2, 0.25) is 9.84 Å². The number of benzene rings is 2. The molecule has 0 saturated carbocycles. The SMILES string of the molecule is N#C/C(=C\Nc1ccc(C(F)(F)F)cc1)S(=O)(=O)c1ccc(Cl)cc1. The van der Waals surface area contributed by atoms with Crippen LogP contribution >= 0.6 is 11.6 Å². The fourth-order valence-corrected chi connectivity index (χ4v) is 3.02. The van der Waals surface area contributed by atoms with E-state index in [1.165, 1.54) is 24.3 Å². The zero-order chi connectivity index (χ0) is 18.7. The van der Waals surface area contributed by atoms with Gasteiger partial charge in [0.15, 0.2) is 4.91 Å². The van der Waals surface area contributed by atoms with Crippen LogP contribution in [-0.2, 0) is 16.0 Å². The molecule has 4 nitrogen and oxygen atoms in total. The van der Waals surface area contributed by atoms with Crippen LogP contribution in [0.1, 0.15) is 5.56 Å². The Morgan fingerprint density at radius 2 is 1.64 bits per heavy atom. The van der Waals surface area contributed by atoms with E-state index in [-0.39, 0.29) is 10.6 Å². The van der Waals surface area contributed by atoms with Crippen molar-refractivity contribution in [1.82, 2.24) is 0 Å². The maximum atomic E-state index is 12.5. The van der Waals surface area contributed by atoms with Crippen molar-refractivity contribution in [1.29, 1.82) is 5.26 Å². The summed E-state index contributed by atoms with van der Waals surface area (Å²) in [5, 5.41) is 11.9. The van der Waals surface area contributed by atoms with E-state index in [1.807, 2.05) is 0 Å². The first-order valence-electron chi connectivity index (χ1n) is 6.69. The lowest BCUT2D eigenvalue weighted by molar-refractivity contribution is -0.137. The first-order valence-corrected chi connectivity index (χ1v) is 8.55. The number of sulfone groups is 1. The Bertz CT molecular complexity index is 929. The summed E-state index contributed by atoms with van der Waals surface area (Å²) in [5.74, 6) is 0. The number of halogens is 4. The van der Waals surface area contributed by atoms with Gasteiger partial charge in [-0.25, -0.2) is 8.42 Å². The van der Waals surface area contributed by atoms with Crippen molar-refractivity contribution in [2.45, 2.75) is 11.1 Å². The van der Waals surface area contributed by atoms with Gasteiger partial charge >= 0.3 is 6.18 Å². The molecule has 0 heterocycles. The summed E-state index contributed by atoms with van der Waals surface area (Å²) >= 11 is 5.69. The van der Waals surface area contributed by atoms with E-state index < -0.39 is 26.5 Å². The number of rotatable bonds is 4. The smallest absolute Gasteiger partial charge is 0.360 e. The van der Waals surface area contributed by atoms with Crippen LogP contribution in [0.5, 0.6) is 0 Å². The van der Waals surface area contributed by atoms with Gasteiger partial charge in [0.25, 0.3) is 0 Å². The van der Waals surface area contributed by atoms with Gasteiger partial charge in [-0.3, -0.25) is 0 Å². The van der Waals surface area contributed by atoms with Crippen molar-refractivity contribution in [2.24, 2.45) is 0 Å². The predicted molar refractivity (Wildman–Crippen MR) is 87.4 cm³/mol. The third-order valence-corrected chi connectivity index (χ3v) is 5.04. The van der Waals surface area contributed by atoms with Gasteiger partial charge < -0.3 is 5.32 Å². The molecule has 0 aliphatic carbocycles. The highest BCUT2D eigenvalue weighted by Crippen LogP contribution is 2.30. The minimum absolute atomic E-state index is 0.126. The summed E-state index contributed by atoms with van der Waals surface area (Å²) in [5.41, 5.74) is -0.636. The van der Waals surface area contributed by atoms with E-state index in [2.05, 4.69) is 5.32 Å². The summed E-state index contributed by atoms with van der Waals surface area (Å²) in [7, 11) is -4.07. The predicted octanol–water partition coefficient (Wildman–Crippen LogP) is 4.61. The van der Waals surface area contributed by atoms with Crippen LogP contribution in [0.3, 0.4) is 0 Å². The van der Waals surface area contributed by atoms with Crippen molar-refractivity contribution in [3.63, 3.8) is 0 Å². The molecule has 2 aromatic rings. The first kappa shape index (κ1) is 18.8.